The van der Waals surface area contributed by atoms with Gasteiger partial charge in [-0.2, -0.15) is 0 Å². The van der Waals surface area contributed by atoms with E-state index in [2.05, 4.69) is 0 Å². The lowest BCUT2D eigenvalue weighted by Crippen LogP contribution is -1.97. The summed E-state index contributed by atoms with van der Waals surface area (Å²) < 4.78 is 0. The van der Waals surface area contributed by atoms with Crippen LogP contribution in [0, 0.1) is 20.2 Å². The van der Waals surface area contributed by atoms with Crippen molar-refractivity contribution in [3.63, 3.8) is 0 Å². The van der Waals surface area contributed by atoms with Crippen molar-refractivity contribution < 1.29 is 9.85 Å². The molecule has 0 spiro atoms. The predicted octanol–water partition coefficient (Wildman–Crippen LogP) is 4.52. The molecule has 8 heteroatoms. The highest BCUT2D eigenvalue weighted by Crippen LogP contribution is 2.38. The third-order valence-corrected chi connectivity index (χ3v) is 4.06. The SMILES string of the molecule is CC/C=C(/Sc1ccc([N+](=O)[O-])cc1[N+](=O)[O-])C(C)Cl. The van der Waals surface area contributed by atoms with Crippen LogP contribution in [-0.4, -0.2) is 15.2 Å². The van der Waals surface area contributed by atoms with Crippen molar-refractivity contribution in [2.45, 2.75) is 30.5 Å². The van der Waals surface area contributed by atoms with Crippen molar-refractivity contribution in [1.29, 1.82) is 0 Å². The number of allylic oxidation sites excluding steroid dienone is 2. The maximum absolute atomic E-state index is 11.0. The van der Waals surface area contributed by atoms with E-state index in [4.69, 9.17) is 11.6 Å². The molecule has 108 valence electrons. The molecule has 0 bridgehead atoms. The quantitative estimate of drug-likeness (QED) is 0.333. The predicted molar refractivity (Wildman–Crippen MR) is 79.3 cm³/mol. The summed E-state index contributed by atoms with van der Waals surface area (Å²) in [5.74, 6) is 0. The summed E-state index contributed by atoms with van der Waals surface area (Å²) in [4.78, 5) is 21.5. The van der Waals surface area contributed by atoms with Gasteiger partial charge in [-0.25, -0.2) is 0 Å². The highest BCUT2D eigenvalue weighted by Gasteiger charge is 2.21. The minimum Gasteiger partial charge on any atom is -0.258 e. The first-order valence-corrected chi connectivity index (χ1v) is 7.06. The van der Waals surface area contributed by atoms with E-state index < -0.39 is 9.85 Å². The lowest BCUT2D eigenvalue weighted by Gasteiger charge is -2.09. The van der Waals surface area contributed by atoms with Crippen molar-refractivity contribution in [3.05, 3.63) is 49.4 Å². The van der Waals surface area contributed by atoms with Crippen molar-refractivity contribution in [2.24, 2.45) is 0 Å². The summed E-state index contributed by atoms with van der Waals surface area (Å²) in [5, 5.41) is 21.4. The number of benzene rings is 1. The van der Waals surface area contributed by atoms with E-state index >= 15 is 0 Å². The second kappa shape index (κ2) is 7.25. The Balaban J connectivity index is 3.21. The molecule has 20 heavy (non-hydrogen) atoms. The number of thioether (sulfide) groups is 1. The topological polar surface area (TPSA) is 86.3 Å². The van der Waals surface area contributed by atoms with Crippen LogP contribution in [0.3, 0.4) is 0 Å². The first kappa shape index (κ1) is 16.5. The Morgan fingerprint density at radius 2 is 2.05 bits per heavy atom. The summed E-state index contributed by atoms with van der Waals surface area (Å²) in [6, 6.07) is 3.59. The number of nitro groups is 2. The maximum Gasteiger partial charge on any atom is 0.290 e. The highest BCUT2D eigenvalue weighted by atomic mass is 35.5. The Morgan fingerprint density at radius 1 is 1.40 bits per heavy atom. The van der Waals surface area contributed by atoms with Crippen LogP contribution in [0.2, 0.25) is 0 Å². The number of hydrogen-bond acceptors (Lipinski definition) is 5. The number of hydrogen-bond donors (Lipinski definition) is 0. The number of nitro benzene ring substituents is 2. The molecule has 0 aliphatic carbocycles. The molecule has 0 N–H and O–H groups in total. The van der Waals surface area contributed by atoms with Gasteiger partial charge in [-0.3, -0.25) is 20.2 Å². The fourth-order valence-electron chi connectivity index (χ4n) is 1.46. The van der Waals surface area contributed by atoms with Crippen molar-refractivity contribution >= 4 is 34.7 Å². The smallest absolute Gasteiger partial charge is 0.258 e. The molecule has 0 fully saturated rings. The van der Waals surface area contributed by atoms with Gasteiger partial charge in [0.2, 0.25) is 0 Å². The molecule has 0 radical (unpaired) electrons. The summed E-state index contributed by atoms with van der Waals surface area (Å²) in [7, 11) is 0. The maximum atomic E-state index is 11.0. The molecule has 6 nitrogen and oxygen atoms in total. The van der Waals surface area contributed by atoms with Gasteiger partial charge in [-0.15, -0.1) is 11.6 Å². The Morgan fingerprint density at radius 3 is 2.50 bits per heavy atom. The Hall–Kier alpha value is -1.60. The molecule has 1 rings (SSSR count). The first-order valence-electron chi connectivity index (χ1n) is 5.81. The fourth-order valence-corrected chi connectivity index (χ4v) is 2.72. The van der Waals surface area contributed by atoms with Gasteiger partial charge in [-0.1, -0.05) is 24.8 Å². The van der Waals surface area contributed by atoms with E-state index in [-0.39, 0.29) is 16.8 Å². The number of halogens is 1. The Bertz CT molecular complexity index is 560. The van der Waals surface area contributed by atoms with Crippen LogP contribution in [0.5, 0.6) is 0 Å². The average Bonchev–Trinajstić information content (AvgIpc) is 2.37. The number of nitrogens with zero attached hydrogens (tertiary/aromatic N) is 2. The molecule has 0 saturated heterocycles. The van der Waals surface area contributed by atoms with Crippen LogP contribution < -0.4 is 0 Å². The molecule has 1 unspecified atom stereocenters. The molecule has 0 heterocycles. The second-order valence-corrected chi connectivity index (χ2v) is 5.67. The van der Waals surface area contributed by atoms with E-state index in [0.29, 0.717) is 4.90 Å². The van der Waals surface area contributed by atoms with Gasteiger partial charge in [0.1, 0.15) is 0 Å². The van der Waals surface area contributed by atoms with Gasteiger partial charge in [0.05, 0.1) is 26.2 Å². The van der Waals surface area contributed by atoms with Gasteiger partial charge in [0.25, 0.3) is 11.4 Å². The summed E-state index contributed by atoms with van der Waals surface area (Å²) >= 11 is 7.18. The normalized spacial score (nSPS) is 13.1. The summed E-state index contributed by atoms with van der Waals surface area (Å²) in [6.07, 6.45) is 2.63. The number of non-ortho nitro benzene ring substituents is 1. The first-order chi connectivity index (χ1) is 9.36. The van der Waals surface area contributed by atoms with Crippen LogP contribution in [0.1, 0.15) is 20.3 Å². The lowest BCUT2D eigenvalue weighted by atomic mass is 10.3. The Kier molecular flexibility index (Phi) is 5.97. The van der Waals surface area contributed by atoms with Crippen molar-refractivity contribution in [2.75, 3.05) is 0 Å². The summed E-state index contributed by atoms with van der Waals surface area (Å²) in [5.41, 5.74) is -0.593. The second-order valence-electron chi connectivity index (χ2n) is 3.90. The van der Waals surface area contributed by atoms with Crippen LogP contribution in [-0.2, 0) is 0 Å². The molecular weight excluding hydrogens is 304 g/mol. The molecule has 0 aromatic heterocycles. The van der Waals surface area contributed by atoms with E-state index in [1.54, 1.807) is 6.92 Å². The van der Waals surface area contributed by atoms with Crippen LogP contribution >= 0.6 is 23.4 Å². The van der Waals surface area contributed by atoms with Crippen LogP contribution in [0.4, 0.5) is 11.4 Å². The zero-order chi connectivity index (χ0) is 15.3. The van der Waals surface area contributed by atoms with E-state index in [1.807, 2.05) is 13.0 Å². The molecule has 0 amide bonds. The van der Waals surface area contributed by atoms with Crippen molar-refractivity contribution in [1.82, 2.24) is 0 Å². The Labute approximate surface area is 125 Å². The lowest BCUT2D eigenvalue weighted by molar-refractivity contribution is -0.396. The minimum atomic E-state index is -0.658. The van der Waals surface area contributed by atoms with Gasteiger partial charge >= 0.3 is 0 Å². The van der Waals surface area contributed by atoms with E-state index in [0.717, 1.165) is 29.2 Å². The average molecular weight is 317 g/mol. The van der Waals surface area contributed by atoms with Crippen LogP contribution in [0.15, 0.2) is 34.1 Å². The largest absolute Gasteiger partial charge is 0.290 e. The van der Waals surface area contributed by atoms with Gasteiger partial charge in [0, 0.05) is 11.0 Å². The van der Waals surface area contributed by atoms with Crippen molar-refractivity contribution in [3.8, 4) is 0 Å². The molecule has 1 atom stereocenters. The fraction of sp³-hybridized carbons (Fsp3) is 0.333. The molecule has 0 aliphatic rings. The molecule has 1 aromatic rings. The minimum absolute atomic E-state index is 0.283. The van der Waals surface area contributed by atoms with Gasteiger partial charge < -0.3 is 0 Å². The van der Waals surface area contributed by atoms with E-state index in [9.17, 15) is 20.2 Å². The standard InChI is InChI=1S/C12H13ClN2O4S/c1-3-4-11(8(2)13)20-12-6-5-9(14(16)17)7-10(12)15(18)19/h4-8H,3H2,1-2H3/b11-4+. The molecule has 0 aliphatic heterocycles. The van der Waals surface area contributed by atoms with E-state index in [1.165, 1.54) is 12.1 Å². The zero-order valence-corrected chi connectivity index (χ0v) is 12.5. The molecule has 1 aromatic carbocycles. The summed E-state index contributed by atoms with van der Waals surface area (Å²) in [6.45, 7) is 3.71. The number of rotatable bonds is 6. The van der Waals surface area contributed by atoms with Gasteiger partial charge in [-0.05, 0) is 19.4 Å². The molecule has 0 saturated carbocycles. The highest BCUT2D eigenvalue weighted by molar-refractivity contribution is 8.03. The van der Waals surface area contributed by atoms with Gasteiger partial charge in [0.15, 0.2) is 0 Å². The molecular formula is C12H13ClN2O4S. The third-order valence-electron chi connectivity index (χ3n) is 2.38. The monoisotopic (exact) mass is 316 g/mol. The number of alkyl halides is 1. The third kappa shape index (κ3) is 4.21. The van der Waals surface area contributed by atoms with Crippen LogP contribution in [0.25, 0.3) is 0 Å². The zero-order valence-electron chi connectivity index (χ0n) is 10.9.